The van der Waals surface area contributed by atoms with E-state index in [2.05, 4.69) is 5.32 Å². The molecule has 0 bridgehead atoms. The third kappa shape index (κ3) is 1.54. The molecular weight excluding hydrogens is 200 g/mol. The Morgan fingerprint density at radius 3 is 2.67 bits per heavy atom. The third-order valence-corrected chi connectivity index (χ3v) is 2.43. The molecule has 2 heterocycles. The van der Waals surface area contributed by atoms with E-state index in [1.165, 1.54) is 6.20 Å². The number of aliphatic carboxylic acids is 2. The van der Waals surface area contributed by atoms with Crippen LogP contribution in [0.15, 0.2) is 23.2 Å². The summed E-state index contributed by atoms with van der Waals surface area (Å²) in [6.45, 7) is 1.23. The van der Waals surface area contributed by atoms with Crippen molar-refractivity contribution in [2.24, 2.45) is 0 Å². The van der Waals surface area contributed by atoms with Crippen LogP contribution in [-0.2, 0) is 9.59 Å². The Kier molecular flexibility index (Phi) is 2.11. The summed E-state index contributed by atoms with van der Waals surface area (Å²) in [5, 5.41) is 20.7. The number of nitrogens with one attached hydrogen (secondary N) is 1. The van der Waals surface area contributed by atoms with Crippen molar-refractivity contribution in [3.8, 4) is 0 Å². The molecule has 0 aromatic rings. The summed E-state index contributed by atoms with van der Waals surface area (Å²) in [7, 11) is 0. The van der Waals surface area contributed by atoms with E-state index in [0.29, 0.717) is 18.9 Å². The van der Waals surface area contributed by atoms with Crippen molar-refractivity contribution in [1.29, 1.82) is 0 Å². The monoisotopic (exact) mass is 210 g/mol. The quantitative estimate of drug-likeness (QED) is 0.572. The third-order valence-electron chi connectivity index (χ3n) is 2.43. The van der Waals surface area contributed by atoms with Gasteiger partial charge in [-0.05, 0) is 0 Å². The lowest BCUT2D eigenvalue weighted by Gasteiger charge is -2.22. The molecule has 0 aliphatic carbocycles. The lowest BCUT2D eigenvalue weighted by Crippen LogP contribution is -2.26. The number of hydrogen-bond donors (Lipinski definition) is 3. The van der Waals surface area contributed by atoms with Crippen LogP contribution < -0.4 is 5.32 Å². The number of carbonyl (C=O) groups is 2. The van der Waals surface area contributed by atoms with Crippen molar-refractivity contribution in [3.63, 3.8) is 0 Å². The van der Waals surface area contributed by atoms with Crippen LogP contribution in [0, 0.1) is 0 Å². The van der Waals surface area contributed by atoms with Crippen LogP contribution in [0.2, 0.25) is 0 Å². The number of carboxylic acids is 2. The molecule has 0 aromatic heterocycles. The van der Waals surface area contributed by atoms with Gasteiger partial charge in [0.1, 0.15) is 5.82 Å². The highest BCUT2D eigenvalue weighted by molar-refractivity contribution is 5.94. The van der Waals surface area contributed by atoms with Gasteiger partial charge in [0.2, 0.25) is 0 Å². The lowest BCUT2D eigenvalue weighted by molar-refractivity contribution is -0.133. The standard InChI is InChI=1S/C9H10N2O4/c12-8(13)5-3-6(9(14)15)7-10-1-2-11(7)4-5/h4,10H,1-3H2,(H,12,13)(H,14,15). The van der Waals surface area contributed by atoms with E-state index in [-0.39, 0.29) is 17.6 Å². The number of fused-ring (bicyclic) bond motifs is 1. The van der Waals surface area contributed by atoms with Crippen molar-refractivity contribution in [1.82, 2.24) is 10.2 Å². The van der Waals surface area contributed by atoms with Crippen LogP contribution in [0.4, 0.5) is 0 Å². The molecule has 0 spiro atoms. The molecule has 6 nitrogen and oxygen atoms in total. The lowest BCUT2D eigenvalue weighted by atomic mass is 10.0. The van der Waals surface area contributed by atoms with Crippen LogP contribution in [-0.4, -0.2) is 40.1 Å². The number of carboxylic acid groups (broad SMARTS) is 2. The Bertz CT molecular complexity index is 397. The van der Waals surface area contributed by atoms with E-state index in [1.54, 1.807) is 4.90 Å². The Morgan fingerprint density at radius 1 is 1.33 bits per heavy atom. The first-order valence-electron chi connectivity index (χ1n) is 4.50. The van der Waals surface area contributed by atoms with Gasteiger partial charge in [-0.25, -0.2) is 9.59 Å². The second kappa shape index (κ2) is 3.30. The van der Waals surface area contributed by atoms with E-state index in [4.69, 9.17) is 10.2 Å². The Balaban J connectivity index is 2.37. The average molecular weight is 210 g/mol. The molecule has 0 atom stereocenters. The topological polar surface area (TPSA) is 89.9 Å². The molecule has 2 aliphatic heterocycles. The minimum Gasteiger partial charge on any atom is -0.478 e. The maximum atomic E-state index is 10.9. The fourth-order valence-corrected chi connectivity index (χ4v) is 1.73. The van der Waals surface area contributed by atoms with Gasteiger partial charge in [-0.3, -0.25) is 0 Å². The highest BCUT2D eigenvalue weighted by Crippen LogP contribution is 2.26. The minimum absolute atomic E-state index is 0.0382. The molecule has 0 saturated carbocycles. The Morgan fingerprint density at radius 2 is 2.07 bits per heavy atom. The average Bonchev–Trinajstić information content (AvgIpc) is 2.62. The van der Waals surface area contributed by atoms with Gasteiger partial charge in [-0.1, -0.05) is 0 Å². The summed E-state index contributed by atoms with van der Waals surface area (Å²) in [6.07, 6.45) is 1.45. The van der Waals surface area contributed by atoms with Crippen LogP contribution in [0.5, 0.6) is 0 Å². The van der Waals surface area contributed by atoms with Crippen LogP contribution in [0.1, 0.15) is 6.42 Å². The zero-order valence-electron chi connectivity index (χ0n) is 7.86. The van der Waals surface area contributed by atoms with E-state index < -0.39 is 11.9 Å². The maximum absolute atomic E-state index is 10.9. The van der Waals surface area contributed by atoms with Crippen molar-refractivity contribution in [3.05, 3.63) is 23.2 Å². The van der Waals surface area contributed by atoms with Crippen LogP contribution in [0.3, 0.4) is 0 Å². The van der Waals surface area contributed by atoms with Gasteiger partial charge in [-0.2, -0.15) is 0 Å². The fraction of sp³-hybridized carbons (Fsp3) is 0.333. The van der Waals surface area contributed by atoms with Gasteiger partial charge >= 0.3 is 11.9 Å². The van der Waals surface area contributed by atoms with E-state index >= 15 is 0 Å². The number of nitrogens with zero attached hydrogens (tertiary/aromatic N) is 1. The molecule has 0 aromatic carbocycles. The molecule has 6 heteroatoms. The first kappa shape index (κ1) is 9.57. The SMILES string of the molecule is O=C(O)C1=CN2CCNC2=C(C(=O)O)C1. The molecule has 80 valence electrons. The van der Waals surface area contributed by atoms with E-state index in [1.807, 2.05) is 0 Å². The van der Waals surface area contributed by atoms with Gasteiger partial charge in [0.25, 0.3) is 0 Å². The summed E-state index contributed by atoms with van der Waals surface area (Å²) in [5.74, 6) is -1.62. The predicted octanol–water partition coefficient (Wildman–Crippen LogP) is -0.440. The highest BCUT2D eigenvalue weighted by atomic mass is 16.4. The molecular formula is C9H10N2O4. The van der Waals surface area contributed by atoms with Crippen molar-refractivity contribution < 1.29 is 19.8 Å². The second-order valence-electron chi connectivity index (χ2n) is 3.39. The van der Waals surface area contributed by atoms with Crippen molar-refractivity contribution in [2.75, 3.05) is 13.1 Å². The first-order chi connectivity index (χ1) is 7.09. The molecule has 0 amide bonds. The van der Waals surface area contributed by atoms with Crippen molar-refractivity contribution >= 4 is 11.9 Å². The molecule has 1 saturated heterocycles. The zero-order chi connectivity index (χ0) is 11.0. The molecule has 3 N–H and O–H groups in total. The molecule has 0 radical (unpaired) electrons. The fourth-order valence-electron chi connectivity index (χ4n) is 1.73. The van der Waals surface area contributed by atoms with Crippen LogP contribution >= 0.6 is 0 Å². The first-order valence-corrected chi connectivity index (χ1v) is 4.50. The summed E-state index contributed by atoms with van der Waals surface area (Å²) in [4.78, 5) is 23.3. The Labute approximate surface area is 85.5 Å². The predicted molar refractivity (Wildman–Crippen MR) is 49.7 cm³/mol. The van der Waals surface area contributed by atoms with E-state index in [0.717, 1.165) is 0 Å². The normalized spacial score (nSPS) is 19.5. The summed E-state index contributed by atoms with van der Waals surface area (Å²) in [6, 6.07) is 0. The molecule has 1 fully saturated rings. The molecule has 15 heavy (non-hydrogen) atoms. The number of rotatable bonds is 2. The van der Waals surface area contributed by atoms with Gasteiger partial charge in [-0.15, -0.1) is 0 Å². The molecule has 2 aliphatic rings. The molecule has 2 rings (SSSR count). The van der Waals surface area contributed by atoms with Crippen molar-refractivity contribution in [2.45, 2.75) is 6.42 Å². The minimum atomic E-state index is -1.07. The maximum Gasteiger partial charge on any atom is 0.335 e. The van der Waals surface area contributed by atoms with Gasteiger partial charge in [0, 0.05) is 25.7 Å². The van der Waals surface area contributed by atoms with Gasteiger partial charge in [0.05, 0.1) is 11.1 Å². The zero-order valence-corrected chi connectivity index (χ0v) is 7.86. The van der Waals surface area contributed by atoms with E-state index in [9.17, 15) is 9.59 Å². The smallest absolute Gasteiger partial charge is 0.335 e. The van der Waals surface area contributed by atoms with Crippen LogP contribution in [0.25, 0.3) is 0 Å². The molecule has 0 unspecified atom stereocenters. The Hall–Kier alpha value is -1.98. The second-order valence-corrected chi connectivity index (χ2v) is 3.39. The summed E-state index contributed by atoms with van der Waals surface area (Å²) < 4.78 is 0. The summed E-state index contributed by atoms with van der Waals surface area (Å²) >= 11 is 0. The van der Waals surface area contributed by atoms with Gasteiger partial charge < -0.3 is 20.4 Å². The van der Waals surface area contributed by atoms with Gasteiger partial charge in [0.15, 0.2) is 0 Å². The number of hydrogen-bond acceptors (Lipinski definition) is 4. The summed E-state index contributed by atoms with van der Waals surface area (Å²) in [5.41, 5.74) is 0.229. The largest absolute Gasteiger partial charge is 0.478 e. The highest BCUT2D eigenvalue weighted by Gasteiger charge is 2.30.